The normalized spacial score (nSPS) is 11.0. The van der Waals surface area contributed by atoms with Crippen LogP contribution in [0.15, 0.2) is 88.2 Å². The number of nitrogens with one attached hydrogen (secondary N) is 2. The zero-order chi connectivity index (χ0) is 20.8. The number of H-pyrrole nitrogens is 1. The molecule has 3 aromatic carbocycles. The number of amides is 1. The Hall–Kier alpha value is -2.50. The Morgan fingerprint density at radius 3 is 2.47 bits per heavy atom. The number of carbonyl (C=O) groups excluding carboxylic acids is 1. The molecule has 4 rings (SSSR count). The van der Waals surface area contributed by atoms with Crippen LogP contribution in [0.2, 0.25) is 0 Å². The van der Waals surface area contributed by atoms with E-state index in [9.17, 15) is 4.79 Å². The number of para-hydroxylation sites is 1. The summed E-state index contributed by atoms with van der Waals surface area (Å²) >= 11 is 5.29. The van der Waals surface area contributed by atoms with Crippen molar-refractivity contribution < 1.29 is 4.79 Å². The number of fused-ring (bicyclic) bond motifs is 1. The monoisotopic (exact) mass is 478 g/mol. The van der Waals surface area contributed by atoms with Gasteiger partial charge < -0.3 is 10.3 Å². The number of halogens is 1. The average molecular weight is 479 g/mol. The molecule has 0 fully saturated rings. The molecule has 0 aliphatic heterocycles. The van der Waals surface area contributed by atoms with Crippen LogP contribution in [0.4, 0.5) is 0 Å². The first-order valence-corrected chi connectivity index (χ1v) is 11.8. The second-order valence-corrected chi connectivity index (χ2v) is 9.09. The predicted molar refractivity (Wildman–Crippen MR) is 130 cm³/mol. The van der Waals surface area contributed by atoms with E-state index in [1.807, 2.05) is 24.3 Å². The van der Waals surface area contributed by atoms with Crippen LogP contribution in [0.1, 0.15) is 12.0 Å². The lowest BCUT2D eigenvalue weighted by Crippen LogP contribution is -2.25. The molecule has 0 spiro atoms. The van der Waals surface area contributed by atoms with Gasteiger partial charge in [0.05, 0.1) is 5.69 Å². The molecular weight excluding hydrogens is 456 g/mol. The summed E-state index contributed by atoms with van der Waals surface area (Å²) in [6, 6.07) is 26.8. The summed E-state index contributed by atoms with van der Waals surface area (Å²) in [4.78, 5) is 17.0. The molecule has 0 saturated carbocycles. The minimum Gasteiger partial charge on any atom is -0.355 e. The van der Waals surface area contributed by atoms with Crippen LogP contribution in [0.3, 0.4) is 0 Å². The van der Waals surface area contributed by atoms with Crippen molar-refractivity contribution >= 4 is 44.5 Å². The number of aromatic amines is 1. The first kappa shape index (κ1) is 20.8. The number of aromatic nitrogens is 1. The molecule has 0 bridgehead atoms. The Labute approximate surface area is 189 Å². The van der Waals surface area contributed by atoms with Crippen molar-refractivity contribution in [2.24, 2.45) is 0 Å². The van der Waals surface area contributed by atoms with Crippen LogP contribution in [-0.2, 0) is 11.2 Å². The Kier molecular flexibility index (Phi) is 6.92. The maximum absolute atomic E-state index is 12.2. The van der Waals surface area contributed by atoms with E-state index in [1.54, 1.807) is 11.8 Å². The largest absolute Gasteiger partial charge is 0.355 e. The zero-order valence-electron chi connectivity index (χ0n) is 16.5. The minimum absolute atomic E-state index is 0.103. The minimum atomic E-state index is 0.103. The van der Waals surface area contributed by atoms with Gasteiger partial charge in [0, 0.05) is 39.0 Å². The van der Waals surface area contributed by atoms with Crippen molar-refractivity contribution in [2.45, 2.75) is 17.7 Å². The first-order chi connectivity index (χ1) is 14.7. The predicted octanol–water partition coefficient (Wildman–Crippen LogP) is 6.44. The van der Waals surface area contributed by atoms with Crippen molar-refractivity contribution in [2.75, 3.05) is 12.3 Å². The number of hydrogen-bond donors (Lipinski definition) is 2. The van der Waals surface area contributed by atoms with Crippen LogP contribution in [0, 0.1) is 0 Å². The van der Waals surface area contributed by atoms with Gasteiger partial charge in [0.25, 0.3) is 0 Å². The number of hydrogen-bond acceptors (Lipinski definition) is 2. The summed E-state index contributed by atoms with van der Waals surface area (Å²) < 4.78 is 1.06. The van der Waals surface area contributed by atoms with Gasteiger partial charge in [-0.2, -0.15) is 0 Å². The van der Waals surface area contributed by atoms with Gasteiger partial charge in [0.2, 0.25) is 5.91 Å². The lowest BCUT2D eigenvalue weighted by atomic mass is 10.1. The molecule has 5 heteroatoms. The summed E-state index contributed by atoms with van der Waals surface area (Å²) in [5.74, 6) is 0.925. The molecule has 1 amide bonds. The molecule has 4 aromatic rings. The van der Waals surface area contributed by atoms with Crippen LogP contribution >= 0.6 is 27.7 Å². The van der Waals surface area contributed by atoms with Crippen molar-refractivity contribution in [3.63, 3.8) is 0 Å². The van der Waals surface area contributed by atoms with Gasteiger partial charge in [-0.25, -0.2) is 0 Å². The van der Waals surface area contributed by atoms with Gasteiger partial charge in [0.15, 0.2) is 0 Å². The number of aryl methyl sites for hydroxylation is 1. The first-order valence-electron chi connectivity index (χ1n) is 10.0. The van der Waals surface area contributed by atoms with Crippen molar-refractivity contribution in [1.29, 1.82) is 0 Å². The van der Waals surface area contributed by atoms with E-state index in [1.165, 1.54) is 15.8 Å². The van der Waals surface area contributed by atoms with Crippen molar-refractivity contribution in [3.05, 3.63) is 88.9 Å². The maximum atomic E-state index is 12.2. The highest BCUT2D eigenvalue weighted by molar-refractivity contribution is 9.10. The Morgan fingerprint density at radius 2 is 1.67 bits per heavy atom. The second-order valence-electron chi connectivity index (χ2n) is 7.07. The van der Waals surface area contributed by atoms with E-state index in [2.05, 4.69) is 80.8 Å². The molecule has 0 unspecified atom stereocenters. The molecule has 0 radical (unpaired) electrons. The smallest absolute Gasteiger partial charge is 0.220 e. The van der Waals surface area contributed by atoms with Crippen molar-refractivity contribution in [1.82, 2.24) is 10.3 Å². The molecule has 0 aliphatic rings. The Morgan fingerprint density at radius 1 is 0.933 bits per heavy atom. The highest BCUT2D eigenvalue weighted by Gasteiger charge is 2.13. The maximum Gasteiger partial charge on any atom is 0.220 e. The fraction of sp³-hybridized carbons (Fsp3) is 0.160. The van der Waals surface area contributed by atoms with Crippen molar-refractivity contribution in [3.8, 4) is 11.3 Å². The van der Waals surface area contributed by atoms with Gasteiger partial charge in [-0.05, 0) is 35.7 Å². The third-order valence-electron chi connectivity index (χ3n) is 4.95. The SMILES string of the molecule is O=C(CCc1ccccc1)NCCSc1c(-c2ccc(Br)cc2)[nH]c2ccccc12. The van der Waals surface area contributed by atoms with E-state index < -0.39 is 0 Å². The molecule has 0 saturated heterocycles. The molecule has 1 aromatic heterocycles. The zero-order valence-corrected chi connectivity index (χ0v) is 18.9. The summed E-state index contributed by atoms with van der Waals surface area (Å²) in [6.07, 6.45) is 1.29. The summed E-state index contributed by atoms with van der Waals surface area (Å²) in [6.45, 7) is 0.650. The van der Waals surface area contributed by atoms with Crippen LogP contribution in [0.25, 0.3) is 22.2 Å². The van der Waals surface area contributed by atoms with Gasteiger partial charge in [-0.15, -0.1) is 11.8 Å². The summed E-state index contributed by atoms with van der Waals surface area (Å²) in [5.41, 5.74) is 4.61. The van der Waals surface area contributed by atoms with E-state index in [-0.39, 0.29) is 5.91 Å². The summed E-state index contributed by atoms with van der Waals surface area (Å²) in [5, 5.41) is 4.27. The van der Waals surface area contributed by atoms with Crippen LogP contribution in [-0.4, -0.2) is 23.2 Å². The number of benzene rings is 3. The highest BCUT2D eigenvalue weighted by Crippen LogP contribution is 2.37. The molecular formula is C25H23BrN2OS. The topological polar surface area (TPSA) is 44.9 Å². The molecule has 1 heterocycles. The quantitative estimate of drug-likeness (QED) is 0.226. The molecule has 0 atom stereocenters. The fourth-order valence-corrected chi connectivity index (χ4v) is 4.74. The van der Waals surface area contributed by atoms with Crippen LogP contribution in [0.5, 0.6) is 0 Å². The highest BCUT2D eigenvalue weighted by atomic mass is 79.9. The fourth-order valence-electron chi connectivity index (χ4n) is 3.42. The summed E-state index contributed by atoms with van der Waals surface area (Å²) in [7, 11) is 0. The van der Waals surface area contributed by atoms with Gasteiger partial charge >= 0.3 is 0 Å². The third kappa shape index (κ3) is 5.15. The van der Waals surface area contributed by atoms with Crippen LogP contribution < -0.4 is 5.32 Å². The van der Waals surface area contributed by atoms with E-state index in [4.69, 9.17) is 0 Å². The molecule has 2 N–H and O–H groups in total. The number of rotatable bonds is 8. The standard InChI is InChI=1S/C25H23BrN2OS/c26-20-13-11-19(12-14-20)24-25(21-8-4-5-9-22(21)28-24)30-17-16-27-23(29)15-10-18-6-2-1-3-7-18/h1-9,11-14,28H,10,15-17H2,(H,27,29). The van der Waals surface area contributed by atoms with Gasteiger partial charge in [0.1, 0.15) is 0 Å². The Bertz CT molecular complexity index is 1120. The van der Waals surface area contributed by atoms with Gasteiger partial charge in [-0.1, -0.05) is 76.6 Å². The van der Waals surface area contributed by atoms with E-state index in [0.717, 1.165) is 33.4 Å². The number of carbonyl (C=O) groups is 1. The van der Waals surface area contributed by atoms with E-state index >= 15 is 0 Å². The number of thioether (sulfide) groups is 1. The lowest BCUT2D eigenvalue weighted by Gasteiger charge is -2.07. The second kappa shape index (κ2) is 10.0. The third-order valence-corrected chi connectivity index (χ3v) is 6.60. The molecule has 3 nitrogen and oxygen atoms in total. The Balaban J connectivity index is 1.38. The molecule has 152 valence electrons. The molecule has 30 heavy (non-hydrogen) atoms. The average Bonchev–Trinajstić information content (AvgIpc) is 3.15. The van der Waals surface area contributed by atoms with E-state index in [0.29, 0.717) is 13.0 Å². The lowest BCUT2D eigenvalue weighted by molar-refractivity contribution is -0.120. The van der Waals surface area contributed by atoms with Gasteiger partial charge in [-0.3, -0.25) is 4.79 Å². The molecule has 0 aliphatic carbocycles.